The molecule has 1 aliphatic carbocycles. The van der Waals surface area contributed by atoms with Crippen molar-refractivity contribution in [2.45, 2.75) is 37.1 Å². The van der Waals surface area contributed by atoms with E-state index in [2.05, 4.69) is 0 Å². The minimum Gasteiger partial charge on any atom is -0.461 e. The zero-order valence-electron chi connectivity index (χ0n) is 10.0. The van der Waals surface area contributed by atoms with Crippen molar-refractivity contribution in [3.8, 4) is 0 Å². The van der Waals surface area contributed by atoms with Gasteiger partial charge in [-0.2, -0.15) is 0 Å². The van der Waals surface area contributed by atoms with E-state index >= 15 is 0 Å². The normalized spacial score (nSPS) is 39.1. The molecule has 2 aliphatic rings. The SMILES string of the molecule is OC[C@H]1OC(OC2=CC=CCC2=S)[C@H](O)[C@@H](O)[C@H]1O. The predicted molar refractivity (Wildman–Crippen MR) is 69.3 cm³/mol. The second kappa shape index (κ2) is 6.08. The van der Waals surface area contributed by atoms with Crippen LogP contribution in [0.1, 0.15) is 6.42 Å². The van der Waals surface area contributed by atoms with E-state index in [0.717, 1.165) is 0 Å². The highest BCUT2D eigenvalue weighted by Gasteiger charge is 2.45. The molecule has 6 nitrogen and oxygen atoms in total. The van der Waals surface area contributed by atoms with Crippen LogP contribution < -0.4 is 0 Å². The van der Waals surface area contributed by atoms with E-state index < -0.39 is 37.3 Å². The topological polar surface area (TPSA) is 99.4 Å². The fraction of sp³-hybridized carbons (Fsp3) is 0.583. The van der Waals surface area contributed by atoms with Crippen molar-refractivity contribution in [1.82, 2.24) is 0 Å². The first-order chi connectivity index (χ1) is 9.04. The largest absolute Gasteiger partial charge is 0.461 e. The van der Waals surface area contributed by atoms with Gasteiger partial charge in [0.25, 0.3) is 0 Å². The molecule has 19 heavy (non-hydrogen) atoms. The number of hydrogen-bond acceptors (Lipinski definition) is 7. The molecule has 4 N–H and O–H groups in total. The number of aliphatic hydroxyl groups excluding tert-OH is 4. The van der Waals surface area contributed by atoms with Gasteiger partial charge >= 0.3 is 0 Å². The van der Waals surface area contributed by atoms with Crippen LogP contribution in [0.25, 0.3) is 0 Å². The van der Waals surface area contributed by atoms with Gasteiger partial charge in [-0.25, -0.2) is 0 Å². The van der Waals surface area contributed by atoms with E-state index in [1.54, 1.807) is 12.2 Å². The molecule has 0 spiro atoms. The van der Waals surface area contributed by atoms with Crippen LogP contribution in [0.3, 0.4) is 0 Å². The Morgan fingerprint density at radius 2 is 2.00 bits per heavy atom. The van der Waals surface area contributed by atoms with Gasteiger partial charge in [0.2, 0.25) is 6.29 Å². The van der Waals surface area contributed by atoms with Crippen LogP contribution >= 0.6 is 12.2 Å². The van der Waals surface area contributed by atoms with Crippen molar-refractivity contribution in [2.75, 3.05) is 6.61 Å². The molecule has 0 bridgehead atoms. The number of ether oxygens (including phenoxy) is 2. The zero-order chi connectivity index (χ0) is 14.0. The third-order valence-electron chi connectivity index (χ3n) is 3.05. The minimum absolute atomic E-state index is 0.377. The first-order valence-corrected chi connectivity index (χ1v) is 6.32. The summed E-state index contributed by atoms with van der Waals surface area (Å²) in [5, 5.41) is 38.1. The summed E-state index contributed by atoms with van der Waals surface area (Å²) in [6.45, 7) is -0.492. The lowest BCUT2D eigenvalue weighted by atomic mass is 9.99. The number of aliphatic hydroxyl groups is 4. The Bertz CT molecular complexity index is 405. The minimum atomic E-state index is -1.45. The number of allylic oxidation sites excluding steroid dienone is 4. The molecule has 5 atom stereocenters. The van der Waals surface area contributed by atoms with Gasteiger partial charge in [0.1, 0.15) is 30.2 Å². The molecule has 2 rings (SSSR count). The fourth-order valence-corrected chi connectivity index (χ4v) is 2.13. The maximum Gasteiger partial charge on any atom is 0.229 e. The summed E-state index contributed by atoms with van der Waals surface area (Å²) >= 11 is 5.10. The van der Waals surface area contributed by atoms with E-state index in [1.165, 1.54) is 0 Å². The first kappa shape index (κ1) is 14.6. The highest BCUT2D eigenvalue weighted by atomic mass is 32.1. The smallest absolute Gasteiger partial charge is 0.229 e. The number of hydrogen-bond donors (Lipinski definition) is 4. The molecule has 0 amide bonds. The van der Waals surface area contributed by atoms with Crippen LogP contribution in [0, 0.1) is 0 Å². The van der Waals surface area contributed by atoms with Crippen LogP contribution in [0.15, 0.2) is 24.0 Å². The third kappa shape index (κ3) is 3.02. The van der Waals surface area contributed by atoms with Crippen LogP contribution in [0.2, 0.25) is 0 Å². The molecular weight excluding hydrogens is 272 g/mol. The van der Waals surface area contributed by atoms with Gasteiger partial charge in [0, 0.05) is 6.42 Å². The van der Waals surface area contributed by atoms with Crippen LogP contribution in [-0.4, -0.2) is 62.6 Å². The Morgan fingerprint density at radius 3 is 2.63 bits per heavy atom. The lowest BCUT2D eigenvalue weighted by Gasteiger charge is -2.40. The molecule has 7 heteroatoms. The summed E-state index contributed by atoms with van der Waals surface area (Å²) in [5.41, 5.74) is 0. The quantitative estimate of drug-likeness (QED) is 0.495. The van der Waals surface area contributed by atoms with Crippen LogP contribution in [0.4, 0.5) is 0 Å². The molecule has 0 aromatic heterocycles. The van der Waals surface area contributed by atoms with E-state index in [1.807, 2.05) is 6.08 Å². The second-order valence-electron chi connectivity index (χ2n) is 4.40. The van der Waals surface area contributed by atoms with Crippen molar-refractivity contribution in [3.05, 3.63) is 24.0 Å². The maximum atomic E-state index is 9.81. The summed E-state index contributed by atoms with van der Waals surface area (Å²) in [6, 6.07) is 0. The number of rotatable bonds is 3. The molecule has 0 radical (unpaired) electrons. The standard InChI is InChI=1S/C12H16O6S/c13-5-7-9(14)10(15)11(16)12(18-7)17-6-3-1-2-4-8(6)19/h1-3,7,9-16H,4-5H2/t7-,9+,10+,11-,12?/m1/s1. The Kier molecular flexibility index (Phi) is 4.67. The molecule has 0 aromatic carbocycles. The summed E-state index contributed by atoms with van der Waals surface area (Å²) in [7, 11) is 0. The number of thiocarbonyl (C=S) groups is 1. The van der Waals surface area contributed by atoms with Gasteiger partial charge < -0.3 is 29.9 Å². The lowest BCUT2D eigenvalue weighted by Crippen LogP contribution is -2.59. The molecule has 1 aliphatic heterocycles. The van der Waals surface area contributed by atoms with Gasteiger partial charge in [0.15, 0.2) is 0 Å². The summed E-state index contributed by atoms with van der Waals surface area (Å²) in [4.78, 5) is 0.555. The van der Waals surface area contributed by atoms with Crippen molar-refractivity contribution >= 4 is 17.1 Å². The van der Waals surface area contributed by atoms with Gasteiger partial charge in [0.05, 0.1) is 11.5 Å². The maximum absolute atomic E-state index is 9.81. The molecule has 106 valence electrons. The fourth-order valence-electron chi connectivity index (χ4n) is 1.92. The Hall–Kier alpha value is -0.830. The van der Waals surface area contributed by atoms with Gasteiger partial charge in [-0.1, -0.05) is 24.4 Å². The third-order valence-corrected chi connectivity index (χ3v) is 3.42. The molecule has 1 unspecified atom stereocenters. The molecule has 0 saturated carbocycles. The molecule has 1 fully saturated rings. The average molecular weight is 288 g/mol. The predicted octanol–water partition coefficient (Wildman–Crippen LogP) is -0.983. The monoisotopic (exact) mass is 288 g/mol. The van der Waals surface area contributed by atoms with Gasteiger partial charge in [-0.15, -0.1) is 0 Å². The molecule has 1 saturated heterocycles. The summed E-state index contributed by atoms with van der Waals surface area (Å²) < 4.78 is 10.6. The Labute approximate surface area is 115 Å². The summed E-state index contributed by atoms with van der Waals surface area (Å²) in [5.74, 6) is 0.377. The van der Waals surface area contributed by atoms with E-state index in [0.29, 0.717) is 17.0 Å². The molecule has 1 heterocycles. The second-order valence-corrected chi connectivity index (χ2v) is 4.89. The Morgan fingerprint density at radius 1 is 1.26 bits per heavy atom. The average Bonchev–Trinajstić information content (AvgIpc) is 2.41. The van der Waals surface area contributed by atoms with Crippen molar-refractivity contribution < 1.29 is 29.9 Å². The van der Waals surface area contributed by atoms with E-state index in [-0.39, 0.29) is 0 Å². The lowest BCUT2D eigenvalue weighted by molar-refractivity contribution is -0.289. The van der Waals surface area contributed by atoms with E-state index in [4.69, 9.17) is 26.8 Å². The molecule has 0 aromatic rings. The summed E-state index contributed by atoms with van der Waals surface area (Å²) in [6.07, 6.45) is -0.643. The van der Waals surface area contributed by atoms with Crippen molar-refractivity contribution in [1.29, 1.82) is 0 Å². The van der Waals surface area contributed by atoms with Gasteiger partial charge in [-0.3, -0.25) is 0 Å². The highest BCUT2D eigenvalue weighted by Crippen LogP contribution is 2.25. The Balaban J connectivity index is 2.08. The molecular formula is C12H16O6S. The van der Waals surface area contributed by atoms with Crippen molar-refractivity contribution in [3.63, 3.8) is 0 Å². The van der Waals surface area contributed by atoms with Gasteiger partial charge in [-0.05, 0) is 6.08 Å². The van der Waals surface area contributed by atoms with Crippen LogP contribution in [-0.2, 0) is 9.47 Å². The zero-order valence-corrected chi connectivity index (χ0v) is 10.9. The van der Waals surface area contributed by atoms with Crippen LogP contribution in [0.5, 0.6) is 0 Å². The van der Waals surface area contributed by atoms with E-state index in [9.17, 15) is 15.3 Å². The first-order valence-electron chi connectivity index (χ1n) is 5.91. The van der Waals surface area contributed by atoms with Crippen molar-refractivity contribution in [2.24, 2.45) is 0 Å². The highest BCUT2D eigenvalue weighted by molar-refractivity contribution is 7.80.